The van der Waals surface area contributed by atoms with E-state index in [1.807, 2.05) is 0 Å². The molecule has 0 aliphatic carbocycles. The third kappa shape index (κ3) is 2.60. The first-order chi connectivity index (χ1) is 8.43. The fourth-order valence-corrected chi connectivity index (χ4v) is 2.21. The van der Waals surface area contributed by atoms with E-state index in [0.717, 1.165) is 5.69 Å². The number of hydrogen-bond donors (Lipinski definition) is 1. The highest BCUT2D eigenvalue weighted by atomic mass is 35.5. The quantitative estimate of drug-likeness (QED) is 0.893. The Morgan fingerprint density at radius 2 is 2.17 bits per heavy atom. The summed E-state index contributed by atoms with van der Waals surface area (Å²) in [4.78, 5) is 13.8. The molecule has 0 spiro atoms. The standard InChI is InChI=1S/C13H17ClN2O2/c1-13(2)8-16(12(17)7-15-13)10-6-9(14)4-5-11(10)18-3/h4-6,15H,7-8H2,1-3H3. The number of anilines is 1. The summed E-state index contributed by atoms with van der Waals surface area (Å²) in [6.07, 6.45) is 0. The van der Waals surface area contributed by atoms with Gasteiger partial charge in [-0.15, -0.1) is 0 Å². The lowest BCUT2D eigenvalue weighted by Crippen LogP contribution is -2.60. The van der Waals surface area contributed by atoms with Crippen molar-refractivity contribution in [3.8, 4) is 5.75 Å². The highest BCUT2D eigenvalue weighted by molar-refractivity contribution is 6.31. The third-order valence-corrected chi connectivity index (χ3v) is 3.24. The minimum absolute atomic E-state index is 0.0230. The van der Waals surface area contributed by atoms with Gasteiger partial charge in [0.15, 0.2) is 0 Å². The fraction of sp³-hybridized carbons (Fsp3) is 0.462. The van der Waals surface area contributed by atoms with Gasteiger partial charge in [0.05, 0.1) is 19.3 Å². The van der Waals surface area contributed by atoms with Gasteiger partial charge in [0, 0.05) is 17.1 Å². The molecule has 1 aromatic rings. The topological polar surface area (TPSA) is 41.6 Å². The normalized spacial score (nSPS) is 18.9. The lowest BCUT2D eigenvalue weighted by atomic mass is 10.0. The molecule has 0 bridgehead atoms. The van der Waals surface area contributed by atoms with Crippen LogP contribution >= 0.6 is 11.6 Å². The summed E-state index contributed by atoms with van der Waals surface area (Å²) >= 11 is 6.00. The molecule has 2 rings (SSSR count). The second kappa shape index (κ2) is 4.78. The van der Waals surface area contributed by atoms with Crippen LogP contribution in [0.3, 0.4) is 0 Å². The predicted octanol–water partition coefficient (Wildman–Crippen LogP) is 2.06. The number of amides is 1. The van der Waals surface area contributed by atoms with E-state index in [-0.39, 0.29) is 11.4 Å². The Kier molecular flexibility index (Phi) is 3.50. The number of benzene rings is 1. The molecule has 1 aliphatic rings. The van der Waals surface area contributed by atoms with Crippen molar-refractivity contribution in [2.45, 2.75) is 19.4 Å². The first-order valence-electron chi connectivity index (χ1n) is 5.82. The number of nitrogens with zero attached hydrogens (tertiary/aromatic N) is 1. The van der Waals surface area contributed by atoms with Gasteiger partial charge in [-0.1, -0.05) is 11.6 Å². The first kappa shape index (κ1) is 13.2. The molecule has 1 N–H and O–H groups in total. The fourth-order valence-electron chi connectivity index (χ4n) is 2.04. The molecule has 1 saturated heterocycles. The van der Waals surface area contributed by atoms with Crippen molar-refractivity contribution in [2.75, 3.05) is 25.1 Å². The lowest BCUT2D eigenvalue weighted by Gasteiger charge is -2.39. The van der Waals surface area contributed by atoms with Crippen LogP contribution in [0.15, 0.2) is 18.2 Å². The van der Waals surface area contributed by atoms with Gasteiger partial charge < -0.3 is 15.0 Å². The van der Waals surface area contributed by atoms with Crippen molar-refractivity contribution in [3.05, 3.63) is 23.2 Å². The summed E-state index contributed by atoms with van der Waals surface area (Å²) in [7, 11) is 1.59. The van der Waals surface area contributed by atoms with Crippen molar-refractivity contribution in [1.82, 2.24) is 5.32 Å². The van der Waals surface area contributed by atoms with Gasteiger partial charge in [-0.25, -0.2) is 0 Å². The number of ether oxygens (including phenoxy) is 1. The summed E-state index contributed by atoms with van der Waals surface area (Å²) in [6, 6.07) is 5.29. The Hall–Kier alpha value is -1.26. The van der Waals surface area contributed by atoms with Gasteiger partial charge in [0.25, 0.3) is 0 Å². The molecule has 0 radical (unpaired) electrons. The average molecular weight is 269 g/mol. The largest absolute Gasteiger partial charge is 0.495 e. The van der Waals surface area contributed by atoms with Crippen molar-refractivity contribution < 1.29 is 9.53 Å². The van der Waals surface area contributed by atoms with Crippen LogP contribution in [0, 0.1) is 0 Å². The zero-order chi connectivity index (χ0) is 13.3. The van der Waals surface area contributed by atoms with E-state index in [4.69, 9.17) is 16.3 Å². The molecule has 1 aromatic carbocycles. The summed E-state index contributed by atoms with van der Waals surface area (Å²) in [5, 5.41) is 3.79. The SMILES string of the molecule is COc1ccc(Cl)cc1N1CC(C)(C)NCC1=O. The Balaban J connectivity index is 2.40. The molecule has 1 aliphatic heterocycles. The van der Waals surface area contributed by atoms with E-state index in [1.54, 1.807) is 30.2 Å². The maximum atomic E-state index is 12.0. The zero-order valence-corrected chi connectivity index (χ0v) is 11.5. The van der Waals surface area contributed by atoms with Crippen molar-refractivity contribution in [3.63, 3.8) is 0 Å². The third-order valence-electron chi connectivity index (χ3n) is 3.00. The number of carbonyl (C=O) groups excluding carboxylic acids is 1. The number of piperazine rings is 1. The van der Waals surface area contributed by atoms with Crippen molar-refractivity contribution in [1.29, 1.82) is 0 Å². The molecule has 4 nitrogen and oxygen atoms in total. The van der Waals surface area contributed by atoms with Crippen molar-refractivity contribution in [2.24, 2.45) is 0 Å². The van der Waals surface area contributed by atoms with Crippen LogP contribution in [-0.2, 0) is 4.79 Å². The van der Waals surface area contributed by atoms with Gasteiger partial charge in [0.1, 0.15) is 5.75 Å². The summed E-state index contributed by atoms with van der Waals surface area (Å²) in [5.41, 5.74) is 0.603. The van der Waals surface area contributed by atoms with Gasteiger partial charge in [-0.3, -0.25) is 4.79 Å². The van der Waals surface area contributed by atoms with E-state index in [0.29, 0.717) is 23.9 Å². The summed E-state index contributed by atoms with van der Waals surface area (Å²) in [5.74, 6) is 0.681. The number of carbonyl (C=O) groups is 1. The highest BCUT2D eigenvalue weighted by Gasteiger charge is 2.32. The molecular weight excluding hydrogens is 252 g/mol. The van der Waals surface area contributed by atoms with E-state index in [1.165, 1.54) is 0 Å². The average Bonchev–Trinajstić information content (AvgIpc) is 2.32. The van der Waals surface area contributed by atoms with Crippen LogP contribution in [0.25, 0.3) is 0 Å². The van der Waals surface area contributed by atoms with Crippen LogP contribution in [0.2, 0.25) is 5.02 Å². The molecular formula is C13H17ClN2O2. The van der Waals surface area contributed by atoms with E-state index in [9.17, 15) is 4.79 Å². The maximum absolute atomic E-state index is 12.0. The number of hydrogen-bond acceptors (Lipinski definition) is 3. The molecule has 18 heavy (non-hydrogen) atoms. The lowest BCUT2D eigenvalue weighted by molar-refractivity contribution is -0.119. The second-order valence-corrected chi connectivity index (χ2v) is 5.47. The molecule has 98 valence electrons. The number of rotatable bonds is 2. The molecule has 0 aromatic heterocycles. The Morgan fingerprint density at radius 3 is 2.83 bits per heavy atom. The molecule has 0 atom stereocenters. The molecule has 1 fully saturated rings. The molecule has 5 heteroatoms. The number of methoxy groups -OCH3 is 1. The van der Waals surface area contributed by atoms with Crippen LogP contribution in [-0.4, -0.2) is 31.6 Å². The summed E-state index contributed by atoms with van der Waals surface area (Å²) in [6.45, 7) is 5.03. The zero-order valence-electron chi connectivity index (χ0n) is 10.8. The van der Waals surface area contributed by atoms with Crippen LogP contribution in [0.5, 0.6) is 5.75 Å². The monoisotopic (exact) mass is 268 g/mol. The van der Waals surface area contributed by atoms with Gasteiger partial charge in [0.2, 0.25) is 5.91 Å². The molecule has 1 amide bonds. The van der Waals surface area contributed by atoms with Crippen LogP contribution < -0.4 is 15.0 Å². The number of halogens is 1. The van der Waals surface area contributed by atoms with E-state index in [2.05, 4.69) is 19.2 Å². The Morgan fingerprint density at radius 1 is 1.44 bits per heavy atom. The minimum Gasteiger partial charge on any atom is -0.495 e. The number of nitrogens with one attached hydrogen (secondary N) is 1. The maximum Gasteiger partial charge on any atom is 0.241 e. The Bertz CT molecular complexity index is 474. The smallest absolute Gasteiger partial charge is 0.241 e. The minimum atomic E-state index is -0.124. The molecule has 0 saturated carbocycles. The Labute approximate surface area is 112 Å². The molecule has 1 heterocycles. The van der Waals surface area contributed by atoms with E-state index < -0.39 is 0 Å². The van der Waals surface area contributed by atoms with Gasteiger partial charge >= 0.3 is 0 Å². The van der Waals surface area contributed by atoms with Crippen LogP contribution in [0.4, 0.5) is 5.69 Å². The predicted molar refractivity (Wildman–Crippen MR) is 72.4 cm³/mol. The highest BCUT2D eigenvalue weighted by Crippen LogP contribution is 2.33. The molecule has 0 unspecified atom stereocenters. The van der Waals surface area contributed by atoms with Crippen molar-refractivity contribution >= 4 is 23.2 Å². The van der Waals surface area contributed by atoms with Gasteiger partial charge in [-0.2, -0.15) is 0 Å². The second-order valence-electron chi connectivity index (χ2n) is 5.03. The summed E-state index contributed by atoms with van der Waals surface area (Å²) < 4.78 is 5.30. The van der Waals surface area contributed by atoms with E-state index >= 15 is 0 Å². The van der Waals surface area contributed by atoms with Crippen LogP contribution in [0.1, 0.15) is 13.8 Å². The van der Waals surface area contributed by atoms with Gasteiger partial charge in [-0.05, 0) is 32.0 Å². The first-order valence-corrected chi connectivity index (χ1v) is 6.20.